The van der Waals surface area contributed by atoms with Crippen molar-refractivity contribution in [2.45, 2.75) is 45.3 Å². The van der Waals surface area contributed by atoms with E-state index in [4.69, 9.17) is 4.52 Å². The number of hydrogen-bond acceptors (Lipinski definition) is 4. The quantitative estimate of drug-likeness (QED) is 0.800. The van der Waals surface area contributed by atoms with Crippen molar-refractivity contribution < 1.29 is 14.4 Å². The van der Waals surface area contributed by atoms with Crippen molar-refractivity contribution in [1.29, 1.82) is 0 Å². The van der Waals surface area contributed by atoms with E-state index in [1.54, 1.807) is 6.26 Å². The number of nitrogens with zero attached hydrogens (tertiary/aromatic N) is 4. The topological polar surface area (TPSA) is 84.4 Å². The fourth-order valence-corrected chi connectivity index (χ4v) is 3.33. The molecule has 21 heavy (non-hydrogen) atoms. The largest absolute Gasteiger partial charge is 0.465 e. The van der Waals surface area contributed by atoms with Gasteiger partial charge in [0.25, 0.3) is 0 Å². The summed E-state index contributed by atoms with van der Waals surface area (Å²) in [6, 6.07) is -0.0501. The standard InChI is InChI=1S/C14H16N4O3/c1-8-5-11-10(6-17(8)14(19)20)13-12-9(7-21-16-12)3-2-4-18(13)15-11/h7-8H,2-6H2,1H3,(H,19,20). The molecule has 2 aromatic rings. The molecule has 4 rings (SSSR count). The molecule has 1 amide bonds. The van der Waals surface area contributed by atoms with Gasteiger partial charge in [-0.05, 0) is 19.8 Å². The maximum absolute atomic E-state index is 11.4. The van der Waals surface area contributed by atoms with Gasteiger partial charge in [-0.1, -0.05) is 5.16 Å². The first-order valence-corrected chi connectivity index (χ1v) is 7.17. The van der Waals surface area contributed by atoms with Crippen LogP contribution in [0.5, 0.6) is 0 Å². The lowest BCUT2D eigenvalue weighted by molar-refractivity contribution is 0.119. The first-order valence-electron chi connectivity index (χ1n) is 7.17. The van der Waals surface area contributed by atoms with Crippen LogP contribution in [0.15, 0.2) is 10.8 Å². The third-order valence-electron chi connectivity index (χ3n) is 4.41. The van der Waals surface area contributed by atoms with Gasteiger partial charge in [0.2, 0.25) is 0 Å². The molecule has 4 heterocycles. The summed E-state index contributed by atoms with van der Waals surface area (Å²) in [6.45, 7) is 3.12. The zero-order chi connectivity index (χ0) is 14.6. The minimum atomic E-state index is -0.887. The van der Waals surface area contributed by atoms with Gasteiger partial charge in [-0.3, -0.25) is 4.68 Å². The highest BCUT2D eigenvalue weighted by Crippen LogP contribution is 2.35. The van der Waals surface area contributed by atoms with Gasteiger partial charge < -0.3 is 14.5 Å². The Bertz CT molecular complexity index is 718. The monoisotopic (exact) mass is 288 g/mol. The van der Waals surface area contributed by atoms with Crippen LogP contribution in [0.2, 0.25) is 0 Å². The van der Waals surface area contributed by atoms with E-state index < -0.39 is 6.09 Å². The lowest BCUT2D eigenvalue weighted by Crippen LogP contribution is -2.41. The van der Waals surface area contributed by atoms with E-state index in [1.165, 1.54) is 4.90 Å². The Hall–Kier alpha value is -2.31. The molecule has 0 radical (unpaired) electrons. The van der Waals surface area contributed by atoms with Crippen molar-refractivity contribution in [3.8, 4) is 11.4 Å². The zero-order valence-corrected chi connectivity index (χ0v) is 11.7. The Morgan fingerprint density at radius 1 is 1.52 bits per heavy atom. The molecule has 0 aromatic carbocycles. The second-order valence-electron chi connectivity index (χ2n) is 5.75. The first kappa shape index (κ1) is 12.4. The van der Waals surface area contributed by atoms with Crippen molar-refractivity contribution in [3.05, 3.63) is 23.1 Å². The van der Waals surface area contributed by atoms with Crippen LogP contribution < -0.4 is 0 Å². The molecule has 7 nitrogen and oxygen atoms in total. The Kier molecular flexibility index (Phi) is 2.57. The number of aromatic nitrogens is 3. The lowest BCUT2D eigenvalue weighted by Gasteiger charge is -2.30. The Morgan fingerprint density at radius 3 is 3.19 bits per heavy atom. The van der Waals surface area contributed by atoms with Crippen LogP contribution >= 0.6 is 0 Å². The summed E-state index contributed by atoms with van der Waals surface area (Å²) in [7, 11) is 0. The minimum Gasteiger partial charge on any atom is -0.465 e. The molecule has 0 saturated heterocycles. The third kappa shape index (κ3) is 1.76. The third-order valence-corrected chi connectivity index (χ3v) is 4.41. The normalized spacial score (nSPS) is 20.4. The van der Waals surface area contributed by atoms with Crippen LogP contribution in [-0.2, 0) is 25.9 Å². The van der Waals surface area contributed by atoms with Gasteiger partial charge in [0.15, 0.2) is 0 Å². The van der Waals surface area contributed by atoms with Crippen molar-refractivity contribution >= 4 is 6.09 Å². The summed E-state index contributed by atoms with van der Waals surface area (Å²) in [5.74, 6) is 0. The molecule has 1 unspecified atom stereocenters. The number of rotatable bonds is 0. The first-order chi connectivity index (χ1) is 10.1. The molecule has 0 bridgehead atoms. The van der Waals surface area contributed by atoms with Crippen molar-refractivity contribution in [2.24, 2.45) is 0 Å². The number of aryl methyl sites for hydroxylation is 2. The summed E-state index contributed by atoms with van der Waals surface area (Å²) in [5, 5.41) is 18.2. The van der Waals surface area contributed by atoms with Gasteiger partial charge in [0, 0.05) is 30.1 Å². The Morgan fingerprint density at radius 2 is 2.38 bits per heavy atom. The number of amides is 1. The maximum atomic E-state index is 11.4. The highest BCUT2D eigenvalue weighted by Gasteiger charge is 2.34. The summed E-state index contributed by atoms with van der Waals surface area (Å²) in [5.41, 5.74) is 4.81. The van der Waals surface area contributed by atoms with Crippen LogP contribution in [-0.4, -0.2) is 37.1 Å². The molecule has 0 spiro atoms. The van der Waals surface area contributed by atoms with E-state index in [-0.39, 0.29) is 6.04 Å². The van der Waals surface area contributed by atoms with Gasteiger partial charge in [0.05, 0.1) is 17.9 Å². The predicted octanol–water partition coefficient (Wildman–Crippen LogP) is 1.91. The number of carbonyl (C=O) groups is 1. The zero-order valence-electron chi connectivity index (χ0n) is 11.7. The number of carboxylic acid groups (broad SMARTS) is 1. The highest BCUT2D eigenvalue weighted by molar-refractivity contribution is 5.69. The van der Waals surface area contributed by atoms with E-state index >= 15 is 0 Å². The molecule has 1 N–H and O–H groups in total. The molecule has 110 valence electrons. The van der Waals surface area contributed by atoms with Crippen molar-refractivity contribution in [1.82, 2.24) is 19.8 Å². The Balaban J connectivity index is 1.87. The van der Waals surface area contributed by atoms with E-state index in [0.717, 1.165) is 47.6 Å². The molecular weight excluding hydrogens is 272 g/mol. The van der Waals surface area contributed by atoms with Crippen molar-refractivity contribution in [3.63, 3.8) is 0 Å². The fourth-order valence-electron chi connectivity index (χ4n) is 3.33. The van der Waals surface area contributed by atoms with Gasteiger partial charge >= 0.3 is 6.09 Å². The number of fused-ring (bicyclic) bond motifs is 5. The fraction of sp³-hybridized carbons (Fsp3) is 0.500. The molecule has 2 aliphatic heterocycles. The van der Waals surface area contributed by atoms with Crippen molar-refractivity contribution in [2.75, 3.05) is 0 Å². The molecule has 0 aliphatic carbocycles. The van der Waals surface area contributed by atoms with E-state index in [1.807, 2.05) is 11.6 Å². The van der Waals surface area contributed by atoms with Gasteiger partial charge in [-0.15, -0.1) is 0 Å². The molecule has 0 saturated carbocycles. The summed E-state index contributed by atoms with van der Waals surface area (Å²) < 4.78 is 7.08. The average molecular weight is 288 g/mol. The SMILES string of the molecule is CC1Cc2nn3c(c2CN1C(=O)O)-c1nocc1CCC3. The Labute approximate surface area is 121 Å². The molecule has 0 fully saturated rings. The van der Waals surface area contributed by atoms with Crippen LogP contribution in [0.25, 0.3) is 11.4 Å². The van der Waals surface area contributed by atoms with E-state index in [0.29, 0.717) is 13.0 Å². The molecule has 1 atom stereocenters. The highest BCUT2D eigenvalue weighted by atomic mass is 16.5. The maximum Gasteiger partial charge on any atom is 0.407 e. The smallest absolute Gasteiger partial charge is 0.407 e. The summed E-state index contributed by atoms with van der Waals surface area (Å²) in [6.07, 6.45) is 3.34. The van der Waals surface area contributed by atoms with E-state index in [2.05, 4.69) is 10.3 Å². The van der Waals surface area contributed by atoms with Crippen LogP contribution in [0.4, 0.5) is 4.79 Å². The number of hydrogen-bond donors (Lipinski definition) is 1. The second kappa shape index (κ2) is 4.34. The van der Waals surface area contributed by atoms with Gasteiger partial charge in [-0.25, -0.2) is 4.79 Å². The van der Waals surface area contributed by atoms with Crippen LogP contribution in [0.3, 0.4) is 0 Å². The molecule has 7 heteroatoms. The minimum absolute atomic E-state index is 0.0501. The average Bonchev–Trinajstić information content (AvgIpc) is 2.98. The van der Waals surface area contributed by atoms with E-state index in [9.17, 15) is 9.90 Å². The second-order valence-corrected chi connectivity index (χ2v) is 5.75. The molecular formula is C14H16N4O3. The predicted molar refractivity (Wildman–Crippen MR) is 72.8 cm³/mol. The molecule has 2 aromatic heterocycles. The van der Waals surface area contributed by atoms with Crippen LogP contribution in [0, 0.1) is 0 Å². The van der Waals surface area contributed by atoms with Crippen LogP contribution in [0.1, 0.15) is 30.2 Å². The lowest BCUT2D eigenvalue weighted by atomic mass is 9.98. The summed E-state index contributed by atoms with van der Waals surface area (Å²) >= 11 is 0. The van der Waals surface area contributed by atoms with Gasteiger partial charge in [0.1, 0.15) is 12.0 Å². The molecule has 2 aliphatic rings. The van der Waals surface area contributed by atoms with Gasteiger partial charge in [-0.2, -0.15) is 5.10 Å². The summed E-state index contributed by atoms with van der Waals surface area (Å²) in [4.78, 5) is 12.9.